The Morgan fingerprint density at radius 2 is 2.21 bits per heavy atom. The molecule has 0 radical (unpaired) electrons. The third kappa shape index (κ3) is 3.05. The molecule has 1 aliphatic heterocycles. The van der Waals surface area contributed by atoms with Crippen LogP contribution in [-0.4, -0.2) is 34.8 Å². The number of rotatable bonds is 4. The standard InChI is InChI=1S/C12H18N2O4S/c1-8(16)11-6-10(14(17)18)12(19-11)13-4-2-9(7-15)3-5-13/h6,8-9,15-16H,2-5,7H2,1H3/t8-/m0/s1. The molecule has 7 heteroatoms. The Hall–Kier alpha value is -1.18. The molecule has 1 aromatic heterocycles. The maximum absolute atomic E-state index is 11.1. The SMILES string of the molecule is C[C@H](O)c1cc([N+](=O)[O-])c(N2CCC(CO)CC2)s1. The van der Waals surface area contributed by atoms with Crippen LogP contribution in [0.1, 0.15) is 30.7 Å². The zero-order chi connectivity index (χ0) is 14.0. The van der Waals surface area contributed by atoms with Crippen LogP contribution in [0.3, 0.4) is 0 Å². The zero-order valence-corrected chi connectivity index (χ0v) is 11.6. The number of hydrogen-bond donors (Lipinski definition) is 2. The van der Waals surface area contributed by atoms with Crippen LogP contribution in [0.15, 0.2) is 6.07 Å². The Kier molecular flexibility index (Phi) is 4.38. The summed E-state index contributed by atoms with van der Waals surface area (Å²) in [6, 6.07) is 1.46. The van der Waals surface area contributed by atoms with Crippen LogP contribution in [0.4, 0.5) is 10.7 Å². The highest BCUT2D eigenvalue weighted by Crippen LogP contribution is 2.41. The van der Waals surface area contributed by atoms with E-state index in [1.807, 2.05) is 4.90 Å². The van der Waals surface area contributed by atoms with E-state index in [1.165, 1.54) is 17.4 Å². The molecule has 19 heavy (non-hydrogen) atoms. The van der Waals surface area contributed by atoms with Crippen LogP contribution >= 0.6 is 11.3 Å². The van der Waals surface area contributed by atoms with Gasteiger partial charge in [-0.1, -0.05) is 0 Å². The molecule has 2 rings (SSSR count). The van der Waals surface area contributed by atoms with Gasteiger partial charge in [-0.25, -0.2) is 0 Å². The van der Waals surface area contributed by atoms with Crippen LogP contribution in [0, 0.1) is 16.0 Å². The quantitative estimate of drug-likeness (QED) is 0.652. The fourth-order valence-corrected chi connectivity index (χ4v) is 3.39. The first-order valence-corrected chi connectivity index (χ1v) is 7.16. The molecule has 106 valence electrons. The van der Waals surface area contributed by atoms with Gasteiger partial charge in [-0.3, -0.25) is 10.1 Å². The average Bonchev–Trinajstić information content (AvgIpc) is 2.84. The third-order valence-corrected chi connectivity index (χ3v) is 4.84. The van der Waals surface area contributed by atoms with Crippen LogP contribution in [-0.2, 0) is 0 Å². The number of anilines is 1. The van der Waals surface area contributed by atoms with Gasteiger partial charge in [-0.15, -0.1) is 11.3 Å². The van der Waals surface area contributed by atoms with Crippen LogP contribution < -0.4 is 4.90 Å². The minimum atomic E-state index is -0.688. The van der Waals surface area contributed by atoms with E-state index >= 15 is 0 Å². The summed E-state index contributed by atoms with van der Waals surface area (Å²) in [4.78, 5) is 13.3. The molecule has 0 aromatic carbocycles. The van der Waals surface area contributed by atoms with Gasteiger partial charge in [0.2, 0.25) is 0 Å². The van der Waals surface area contributed by atoms with Gasteiger partial charge >= 0.3 is 5.69 Å². The highest BCUT2D eigenvalue weighted by Gasteiger charge is 2.28. The van der Waals surface area contributed by atoms with Gasteiger partial charge in [0, 0.05) is 30.6 Å². The molecule has 0 spiro atoms. The first-order valence-electron chi connectivity index (χ1n) is 6.35. The summed E-state index contributed by atoms with van der Waals surface area (Å²) < 4.78 is 0. The molecule has 0 amide bonds. The topological polar surface area (TPSA) is 86.8 Å². The summed E-state index contributed by atoms with van der Waals surface area (Å²) in [6.45, 7) is 3.22. The van der Waals surface area contributed by atoms with E-state index in [0.29, 0.717) is 28.9 Å². The molecule has 0 aliphatic carbocycles. The molecule has 2 heterocycles. The van der Waals surface area contributed by atoms with E-state index in [2.05, 4.69) is 0 Å². The lowest BCUT2D eigenvalue weighted by molar-refractivity contribution is -0.383. The summed E-state index contributed by atoms with van der Waals surface area (Å²) >= 11 is 1.28. The second kappa shape index (κ2) is 5.85. The monoisotopic (exact) mass is 286 g/mol. The van der Waals surface area contributed by atoms with Crippen LogP contribution in [0.2, 0.25) is 0 Å². The van der Waals surface area contributed by atoms with Crippen LogP contribution in [0.5, 0.6) is 0 Å². The van der Waals surface area contributed by atoms with Crippen molar-refractivity contribution in [1.82, 2.24) is 0 Å². The van der Waals surface area contributed by atoms with Gasteiger partial charge in [0.15, 0.2) is 5.00 Å². The van der Waals surface area contributed by atoms with Crippen LogP contribution in [0.25, 0.3) is 0 Å². The van der Waals surface area contributed by atoms with E-state index in [9.17, 15) is 15.2 Å². The van der Waals surface area contributed by atoms with Crippen molar-refractivity contribution in [3.05, 3.63) is 21.1 Å². The highest BCUT2D eigenvalue weighted by molar-refractivity contribution is 7.16. The Balaban J connectivity index is 2.21. The van der Waals surface area contributed by atoms with Crippen molar-refractivity contribution < 1.29 is 15.1 Å². The van der Waals surface area contributed by atoms with Gasteiger partial charge in [-0.05, 0) is 25.7 Å². The summed E-state index contributed by atoms with van der Waals surface area (Å²) in [5, 5.41) is 30.4. The first-order chi connectivity index (χ1) is 9.02. The summed E-state index contributed by atoms with van der Waals surface area (Å²) in [6.07, 6.45) is 0.998. The Bertz CT molecular complexity index is 453. The van der Waals surface area contributed by atoms with Crippen molar-refractivity contribution in [2.24, 2.45) is 5.92 Å². The molecule has 0 bridgehead atoms. The number of nitro groups is 1. The second-order valence-electron chi connectivity index (χ2n) is 4.89. The van der Waals surface area contributed by atoms with Gasteiger partial charge in [0.1, 0.15) is 0 Å². The predicted octanol–water partition coefficient (Wildman–Crippen LogP) is 1.92. The number of nitrogens with zero attached hydrogens (tertiary/aromatic N) is 2. The molecule has 1 fully saturated rings. The van der Waals surface area contributed by atoms with Crippen molar-refractivity contribution in [2.45, 2.75) is 25.9 Å². The number of aliphatic hydroxyl groups excluding tert-OH is 2. The Morgan fingerprint density at radius 3 is 2.68 bits per heavy atom. The van der Waals surface area contributed by atoms with Gasteiger partial charge in [0.25, 0.3) is 0 Å². The largest absolute Gasteiger partial charge is 0.396 e. The van der Waals surface area contributed by atoms with E-state index in [4.69, 9.17) is 5.11 Å². The van der Waals surface area contributed by atoms with Crippen molar-refractivity contribution >= 4 is 22.0 Å². The molecule has 1 aromatic rings. The third-order valence-electron chi connectivity index (χ3n) is 3.48. The lowest BCUT2D eigenvalue weighted by atomic mass is 9.98. The fraction of sp³-hybridized carbons (Fsp3) is 0.667. The van der Waals surface area contributed by atoms with E-state index < -0.39 is 11.0 Å². The van der Waals surface area contributed by atoms with E-state index in [1.54, 1.807) is 6.92 Å². The number of piperidine rings is 1. The molecule has 0 unspecified atom stereocenters. The van der Waals surface area contributed by atoms with E-state index in [0.717, 1.165) is 12.8 Å². The summed E-state index contributed by atoms with van der Waals surface area (Å²) in [5.41, 5.74) is 0.0725. The zero-order valence-electron chi connectivity index (χ0n) is 10.8. The Labute approximate surface area is 115 Å². The smallest absolute Gasteiger partial charge is 0.304 e. The molecule has 0 saturated carbocycles. The average molecular weight is 286 g/mol. The summed E-state index contributed by atoms with van der Waals surface area (Å²) in [5.74, 6) is 0.298. The van der Waals surface area contributed by atoms with Crippen molar-refractivity contribution in [3.8, 4) is 0 Å². The molecule has 1 atom stereocenters. The number of thiophene rings is 1. The maximum Gasteiger partial charge on any atom is 0.304 e. The van der Waals surface area contributed by atoms with Crippen molar-refractivity contribution in [3.63, 3.8) is 0 Å². The molecular formula is C12H18N2O4S. The minimum absolute atomic E-state index is 0.0725. The minimum Gasteiger partial charge on any atom is -0.396 e. The van der Waals surface area contributed by atoms with Crippen molar-refractivity contribution in [2.75, 3.05) is 24.6 Å². The fourth-order valence-electron chi connectivity index (χ4n) is 2.27. The molecule has 1 aliphatic rings. The van der Waals surface area contributed by atoms with Gasteiger partial charge < -0.3 is 15.1 Å². The summed E-state index contributed by atoms with van der Waals surface area (Å²) in [7, 11) is 0. The molecule has 6 nitrogen and oxygen atoms in total. The first kappa shape index (κ1) is 14.2. The maximum atomic E-state index is 11.1. The van der Waals surface area contributed by atoms with Gasteiger partial charge in [0.05, 0.1) is 11.0 Å². The normalized spacial score (nSPS) is 18.6. The van der Waals surface area contributed by atoms with Gasteiger partial charge in [-0.2, -0.15) is 0 Å². The lowest BCUT2D eigenvalue weighted by Gasteiger charge is -2.31. The molecular weight excluding hydrogens is 268 g/mol. The lowest BCUT2D eigenvalue weighted by Crippen LogP contribution is -2.34. The molecule has 1 saturated heterocycles. The number of aliphatic hydroxyl groups is 2. The number of hydrogen-bond acceptors (Lipinski definition) is 6. The highest BCUT2D eigenvalue weighted by atomic mass is 32.1. The Morgan fingerprint density at radius 1 is 1.58 bits per heavy atom. The molecule has 2 N–H and O–H groups in total. The van der Waals surface area contributed by atoms with Crippen molar-refractivity contribution in [1.29, 1.82) is 0 Å². The predicted molar refractivity (Wildman–Crippen MR) is 73.6 cm³/mol. The van der Waals surface area contributed by atoms with E-state index in [-0.39, 0.29) is 12.3 Å². The second-order valence-corrected chi connectivity index (χ2v) is 5.95.